The second-order valence-electron chi connectivity index (χ2n) is 5.74. The Morgan fingerprint density at radius 1 is 1.26 bits per heavy atom. The molecule has 0 aliphatic carbocycles. The first-order valence-corrected chi connectivity index (χ1v) is 8.18. The van der Waals surface area contributed by atoms with E-state index in [1.165, 1.54) is 0 Å². The fraction of sp³-hybridized carbons (Fsp3) is 0.647. The third-order valence-electron chi connectivity index (χ3n) is 4.03. The van der Waals surface area contributed by atoms with E-state index in [0.717, 1.165) is 25.5 Å². The van der Waals surface area contributed by atoms with Crippen molar-refractivity contribution in [3.05, 3.63) is 35.1 Å². The number of ether oxygens (including phenoxy) is 2. The van der Waals surface area contributed by atoms with Crippen LogP contribution >= 0.6 is 0 Å². The van der Waals surface area contributed by atoms with Crippen molar-refractivity contribution in [1.29, 1.82) is 0 Å². The molecule has 1 heterocycles. The van der Waals surface area contributed by atoms with E-state index in [2.05, 4.69) is 5.32 Å². The van der Waals surface area contributed by atoms with Crippen molar-refractivity contribution in [2.75, 3.05) is 32.9 Å². The van der Waals surface area contributed by atoms with Crippen LogP contribution in [0.1, 0.15) is 37.9 Å². The Morgan fingerprint density at radius 3 is 2.78 bits per heavy atom. The zero-order chi connectivity index (χ0) is 16.7. The number of nitrogens with one attached hydrogen (secondary N) is 1. The van der Waals surface area contributed by atoms with Crippen LogP contribution in [0.4, 0.5) is 13.2 Å². The first-order valence-electron chi connectivity index (χ1n) is 8.18. The van der Waals surface area contributed by atoms with Crippen molar-refractivity contribution in [3.8, 4) is 0 Å². The topological polar surface area (TPSA) is 30.5 Å². The van der Waals surface area contributed by atoms with E-state index in [1.807, 2.05) is 6.92 Å². The summed E-state index contributed by atoms with van der Waals surface area (Å²) in [6, 6.07) is 1.60. The Morgan fingerprint density at radius 2 is 2.09 bits per heavy atom. The molecule has 2 rings (SSSR count). The van der Waals surface area contributed by atoms with Crippen molar-refractivity contribution < 1.29 is 22.6 Å². The average Bonchev–Trinajstić information content (AvgIpc) is 2.55. The quantitative estimate of drug-likeness (QED) is 0.583. The fourth-order valence-corrected chi connectivity index (χ4v) is 2.92. The molecule has 1 aromatic rings. The van der Waals surface area contributed by atoms with Crippen LogP contribution in [0, 0.1) is 23.4 Å². The number of hydrogen-bond donors (Lipinski definition) is 1. The SMILES string of the molecule is CCOCCCO[C@@H](c1cc(F)cc(F)c1F)[C@@H]1CCCNC1. The predicted molar refractivity (Wildman–Crippen MR) is 81.7 cm³/mol. The number of benzene rings is 1. The van der Waals surface area contributed by atoms with Gasteiger partial charge in [-0.3, -0.25) is 0 Å². The van der Waals surface area contributed by atoms with Crippen LogP contribution in [0.2, 0.25) is 0 Å². The first-order chi connectivity index (χ1) is 11.1. The molecule has 1 aromatic carbocycles. The molecule has 6 heteroatoms. The molecule has 2 atom stereocenters. The van der Waals surface area contributed by atoms with Crippen molar-refractivity contribution in [3.63, 3.8) is 0 Å². The van der Waals surface area contributed by atoms with E-state index in [1.54, 1.807) is 0 Å². The van der Waals surface area contributed by atoms with Crippen molar-refractivity contribution in [1.82, 2.24) is 5.32 Å². The van der Waals surface area contributed by atoms with E-state index >= 15 is 0 Å². The highest BCUT2D eigenvalue weighted by Gasteiger charge is 2.29. The molecule has 0 bridgehead atoms. The monoisotopic (exact) mass is 331 g/mol. The molecule has 0 radical (unpaired) electrons. The maximum absolute atomic E-state index is 14.1. The van der Waals surface area contributed by atoms with Crippen molar-refractivity contribution in [2.45, 2.75) is 32.3 Å². The normalized spacial score (nSPS) is 19.7. The standard InChI is InChI=1S/C17H24F3NO2/c1-2-22-7-4-8-23-17(12-5-3-6-21-11-12)14-9-13(18)10-15(19)16(14)20/h9-10,12,17,21H,2-8,11H2,1H3/t12-,17-/m1/s1. The van der Waals surface area contributed by atoms with Gasteiger partial charge in [-0.1, -0.05) is 0 Å². The predicted octanol–water partition coefficient (Wildman–Crippen LogP) is 3.59. The molecule has 23 heavy (non-hydrogen) atoms. The van der Waals surface area contributed by atoms with Crippen molar-refractivity contribution in [2.24, 2.45) is 5.92 Å². The van der Waals surface area contributed by atoms with E-state index < -0.39 is 23.6 Å². The third kappa shape index (κ3) is 5.19. The lowest BCUT2D eigenvalue weighted by molar-refractivity contribution is -0.00959. The Balaban J connectivity index is 2.12. The number of halogens is 3. The van der Waals surface area contributed by atoms with Gasteiger partial charge in [0.2, 0.25) is 0 Å². The third-order valence-corrected chi connectivity index (χ3v) is 4.03. The molecule has 1 N–H and O–H groups in total. The smallest absolute Gasteiger partial charge is 0.164 e. The molecule has 0 spiro atoms. The Labute approximate surface area is 135 Å². The molecule has 3 nitrogen and oxygen atoms in total. The molecule has 1 aliphatic heterocycles. The lowest BCUT2D eigenvalue weighted by Gasteiger charge is -2.31. The summed E-state index contributed by atoms with van der Waals surface area (Å²) in [7, 11) is 0. The van der Waals surface area contributed by atoms with Crippen LogP contribution in [0.3, 0.4) is 0 Å². The molecule has 0 aromatic heterocycles. The highest BCUT2D eigenvalue weighted by molar-refractivity contribution is 5.23. The van der Waals surface area contributed by atoms with E-state index in [0.29, 0.717) is 38.9 Å². The number of piperidine rings is 1. The van der Waals surface area contributed by atoms with Gasteiger partial charge in [0.15, 0.2) is 11.6 Å². The zero-order valence-corrected chi connectivity index (χ0v) is 13.4. The first kappa shape index (κ1) is 18.2. The highest BCUT2D eigenvalue weighted by atomic mass is 19.2. The minimum atomic E-state index is -1.17. The van der Waals surface area contributed by atoms with Gasteiger partial charge in [0, 0.05) is 43.9 Å². The molecular weight excluding hydrogens is 307 g/mol. The minimum Gasteiger partial charge on any atom is -0.382 e. The second-order valence-corrected chi connectivity index (χ2v) is 5.74. The second kappa shape index (κ2) is 9.25. The molecule has 0 saturated carbocycles. The molecule has 0 amide bonds. The summed E-state index contributed by atoms with van der Waals surface area (Å²) in [6.45, 7) is 4.98. The Bertz CT molecular complexity index is 493. The van der Waals surface area contributed by atoms with Gasteiger partial charge in [0.25, 0.3) is 0 Å². The molecule has 1 saturated heterocycles. The van der Waals surface area contributed by atoms with Gasteiger partial charge in [-0.25, -0.2) is 13.2 Å². The van der Waals surface area contributed by atoms with Crippen molar-refractivity contribution >= 4 is 0 Å². The maximum atomic E-state index is 14.1. The van der Waals surface area contributed by atoms with Gasteiger partial charge in [0.05, 0.1) is 6.10 Å². The summed E-state index contributed by atoms with van der Waals surface area (Å²) in [5, 5.41) is 3.23. The summed E-state index contributed by atoms with van der Waals surface area (Å²) in [5.74, 6) is -2.99. The number of rotatable bonds is 8. The molecule has 130 valence electrons. The summed E-state index contributed by atoms with van der Waals surface area (Å²) < 4.78 is 52.3. The summed E-state index contributed by atoms with van der Waals surface area (Å²) in [4.78, 5) is 0. The Kier molecular flexibility index (Phi) is 7.33. The fourth-order valence-electron chi connectivity index (χ4n) is 2.92. The summed E-state index contributed by atoms with van der Waals surface area (Å²) >= 11 is 0. The molecule has 1 aliphatic rings. The van der Waals surface area contributed by atoms with E-state index in [-0.39, 0.29) is 11.5 Å². The maximum Gasteiger partial charge on any atom is 0.164 e. The average molecular weight is 331 g/mol. The molecule has 1 fully saturated rings. The lowest BCUT2D eigenvalue weighted by Crippen LogP contribution is -2.34. The van der Waals surface area contributed by atoms with Gasteiger partial charge in [-0.05, 0) is 38.8 Å². The van der Waals surface area contributed by atoms with E-state index in [9.17, 15) is 13.2 Å². The van der Waals surface area contributed by atoms with Crippen LogP contribution < -0.4 is 5.32 Å². The molecular formula is C17H24F3NO2. The van der Waals surface area contributed by atoms with Crippen LogP contribution in [0.25, 0.3) is 0 Å². The molecule has 0 unspecified atom stereocenters. The van der Waals surface area contributed by atoms with Gasteiger partial charge in [-0.15, -0.1) is 0 Å². The Hall–Kier alpha value is -1.11. The highest BCUT2D eigenvalue weighted by Crippen LogP contribution is 2.33. The van der Waals surface area contributed by atoms with Gasteiger partial charge >= 0.3 is 0 Å². The van der Waals surface area contributed by atoms with Gasteiger partial charge < -0.3 is 14.8 Å². The van der Waals surface area contributed by atoms with Gasteiger partial charge in [0.1, 0.15) is 5.82 Å². The summed E-state index contributed by atoms with van der Waals surface area (Å²) in [5.41, 5.74) is -0.0346. The van der Waals surface area contributed by atoms with E-state index in [4.69, 9.17) is 9.47 Å². The zero-order valence-electron chi connectivity index (χ0n) is 13.4. The summed E-state index contributed by atoms with van der Waals surface area (Å²) in [6.07, 6.45) is 1.77. The van der Waals surface area contributed by atoms with Gasteiger partial charge in [-0.2, -0.15) is 0 Å². The largest absolute Gasteiger partial charge is 0.382 e. The van der Waals surface area contributed by atoms with Crippen LogP contribution in [0.5, 0.6) is 0 Å². The van der Waals surface area contributed by atoms with Crippen LogP contribution in [-0.2, 0) is 9.47 Å². The number of hydrogen-bond acceptors (Lipinski definition) is 3. The van der Waals surface area contributed by atoms with Crippen LogP contribution in [0.15, 0.2) is 12.1 Å². The minimum absolute atomic E-state index is 0.00783. The lowest BCUT2D eigenvalue weighted by atomic mass is 9.89. The van der Waals surface area contributed by atoms with Crippen LogP contribution in [-0.4, -0.2) is 32.9 Å².